The number of rotatable bonds is 29. The van der Waals surface area contributed by atoms with Crippen molar-refractivity contribution < 1.29 is 41.0 Å². The smallest absolute Gasteiger partial charge is 0.222 e. The predicted octanol–water partition coefficient (Wildman–Crippen LogP) is 5.60. The molecule has 1 radical (unpaired) electrons. The van der Waals surface area contributed by atoms with Crippen molar-refractivity contribution >= 4 is 29.3 Å². The second kappa shape index (κ2) is 29.6. The van der Waals surface area contributed by atoms with E-state index >= 15 is 0 Å². The van der Waals surface area contributed by atoms with Crippen molar-refractivity contribution in [1.29, 1.82) is 0 Å². The van der Waals surface area contributed by atoms with Crippen LogP contribution in [-0.2, 0) is 41.0 Å². The third-order valence-corrected chi connectivity index (χ3v) is 7.89. The molecule has 263 valence electrons. The summed E-state index contributed by atoms with van der Waals surface area (Å²) >= 11 is 0. The Hall–Kier alpha value is -1.77. The number of Topliss-reactive ketones (excluding diaryl/α,β-unsaturated/α-hetero) is 2. The summed E-state index contributed by atoms with van der Waals surface area (Å²) in [6.07, 6.45) is 13.7. The Labute approximate surface area is 285 Å². The van der Waals surface area contributed by atoms with Gasteiger partial charge in [0.15, 0.2) is 0 Å². The van der Waals surface area contributed by atoms with Crippen molar-refractivity contribution in [2.75, 3.05) is 20.1 Å². The number of carbonyl (C=O) groups is 5. The molecule has 4 N–H and O–H groups in total. The van der Waals surface area contributed by atoms with Crippen LogP contribution in [0.15, 0.2) is 0 Å². The van der Waals surface area contributed by atoms with E-state index in [0.29, 0.717) is 57.4 Å². The summed E-state index contributed by atoms with van der Waals surface area (Å²) in [5.41, 5.74) is 0. The molecule has 4 unspecified atom stereocenters. The molecule has 0 aromatic carbocycles. The van der Waals surface area contributed by atoms with Crippen molar-refractivity contribution in [3.63, 3.8) is 0 Å². The molecule has 0 heterocycles. The summed E-state index contributed by atoms with van der Waals surface area (Å²) in [6, 6.07) is -0.808. The molecule has 0 fully saturated rings. The van der Waals surface area contributed by atoms with Crippen molar-refractivity contribution in [3.05, 3.63) is 6.42 Å². The van der Waals surface area contributed by atoms with Crippen molar-refractivity contribution in [3.8, 4) is 0 Å². The molecule has 0 aromatic rings. The molecule has 3 amide bonds. The molecule has 0 aliphatic rings. The largest absolute Gasteiger partial charge is 0.356 e. The van der Waals surface area contributed by atoms with Crippen molar-refractivity contribution in [2.45, 2.75) is 156 Å². The second-order valence-corrected chi connectivity index (χ2v) is 12.9. The quantitative estimate of drug-likeness (QED) is 0.0464. The fraction of sp³-hybridized carbons (Fsp3) is 0.829. The number of hydrogen-bond donors (Lipinski definition) is 4. The summed E-state index contributed by atoms with van der Waals surface area (Å²) in [6.45, 7) is 11.3. The molecule has 0 spiro atoms. The molecule has 0 saturated carbocycles. The van der Waals surface area contributed by atoms with E-state index < -0.39 is 6.04 Å². The van der Waals surface area contributed by atoms with E-state index in [4.69, 9.17) is 0 Å². The van der Waals surface area contributed by atoms with Crippen LogP contribution in [0, 0.1) is 18.3 Å². The zero-order valence-corrected chi connectivity index (χ0v) is 30.4. The van der Waals surface area contributed by atoms with E-state index in [0.717, 1.165) is 57.9 Å². The van der Waals surface area contributed by atoms with Crippen molar-refractivity contribution in [2.24, 2.45) is 11.8 Å². The minimum atomic E-state index is -0.419. The van der Waals surface area contributed by atoms with Crippen LogP contribution < -0.4 is 21.3 Å². The standard InChI is InChI=1S/C35H65N4O5.Mn/c1-7-9-11-12-18-32(41)20-19-31(25-29(5)40)39-35(44)26-30(38-34(43)24-28(4)16-13-21-36-6)17-14-22-37-33(42)23-27(3)15-10-8-2;/h12,27-28,30-31,36H,7-11,13-26H2,1-6H3,(H,37,42)(H,38,43)(H,39,44);/q-1;. The fourth-order valence-electron chi connectivity index (χ4n) is 5.31. The first kappa shape index (κ1) is 45.4. The van der Waals surface area contributed by atoms with Crippen LogP contribution in [0.4, 0.5) is 0 Å². The Morgan fingerprint density at radius 3 is 1.82 bits per heavy atom. The molecule has 0 aliphatic carbocycles. The number of hydrogen-bond acceptors (Lipinski definition) is 6. The zero-order valence-electron chi connectivity index (χ0n) is 29.2. The van der Waals surface area contributed by atoms with Gasteiger partial charge in [0.2, 0.25) is 17.7 Å². The summed E-state index contributed by atoms with van der Waals surface area (Å²) in [5, 5.41) is 12.1. The van der Waals surface area contributed by atoms with Crippen LogP contribution in [0.1, 0.15) is 144 Å². The Balaban J connectivity index is 0. The summed E-state index contributed by atoms with van der Waals surface area (Å²) in [5.74, 6) is 0.334. The van der Waals surface area contributed by atoms with Crippen LogP contribution in [0.3, 0.4) is 0 Å². The second-order valence-electron chi connectivity index (χ2n) is 12.9. The monoisotopic (exact) mass is 676 g/mol. The normalized spacial score (nSPS) is 13.6. The van der Waals surface area contributed by atoms with Gasteiger partial charge >= 0.3 is 0 Å². The number of ketones is 2. The fourth-order valence-corrected chi connectivity index (χ4v) is 5.31. The minimum Gasteiger partial charge on any atom is -0.356 e. The van der Waals surface area contributed by atoms with Gasteiger partial charge in [-0.05, 0) is 64.5 Å². The summed E-state index contributed by atoms with van der Waals surface area (Å²) in [4.78, 5) is 62.6. The van der Waals surface area contributed by atoms with Gasteiger partial charge in [-0.25, -0.2) is 0 Å². The first-order valence-electron chi connectivity index (χ1n) is 17.3. The summed E-state index contributed by atoms with van der Waals surface area (Å²) < 4.78 is 0. The van der Waals surface area contributed by atoms with E-state index in [-0.39, 0.29) is 71.2 Å². The van der Waals surface area contributed by atoms with E-state index in [2.05, 4.69) is 49.0 Å². The minimum absolute atomic E-state index is 0. The SMILES string of the molecule is CCCC[CH-]CC(=O)CCC(CC(C)=O)NC(=O)CC(CCCNC(=O)CC(C)CCCC)NC(=O)CC(C)CCCNC.[Mn]. The third-order valence-electron chi connectivity index (χ3n) is 7.89. The van der Waals surface area contributed by atoms with E-state index in [9.17, 15) is 24.0 Å². The molecule has 4 atom stereocenters. The Kier molecular flexibility index (Phi) is 29.9. The average Bonchev–Trinajstić information content (AvgIpc) is 2.94. The molecule has 10 heteroatoms. The molecule has 0 bridgehead atoms. The zero-order chi connectivity index (χ0) is 33.2. The van der Waals surface area contributed by atoms with E-state index in [1.165, 1.54) is 6.92 Å². The van der Waals surface area contributed by atoms with Gasteiger partial charge < -0.3 is 32.5 Å². The van der Waals surface area contributed by atoms with Crippen LogP contribution in [-0.4, -0.2) is 61.5 Å². The maximum Gasteiger partial charge on any atom is 0.222 e. The molecule has 0 aromatic heterocycles. The van der Waals surface area contributed by atoms with Gasteiger partial charge in [-0.15, -0.1) is 6.42 Å². The van der Waals surface area contributed by atoms with Crippen LogP contribution in [0.25, 0.3) is 0 Å². The third kappa shape index (κ3) is 28.2. The van der Waals surface area contributed by atoms with Gasteiger partial charge in [-0.3, -0.25) is 19.2 Å². The first-order chi connectivity index (χ1) is 21.0. The van der Waals surface area contributed by atoms with Crippen molar-refractivity contribution in [1.82, 2.24) is 21.3 Å². The molecule has 9 nitrogen and oxygen atoms in total. The number of amides is 3. The Bertz CT molecular complexity index is 826. The molecule has 0 aliphatic heterocycles. The van der Waals surface area contributed by atoms with Gasteiger partial charge in [0.25, 0.3) is 0 Å². The van der Waals surface area contributed by atoms with Crippen LogP contribution in [0.5, 0.6) is 0 Å². The summed E-state index contributed by atoms with van der Waals surface area (Å²) in [7, 11) is 1.91. The van der Waals surface area contributed by atoms with E-state index in [1.807, 2.05) is 13.5 Å². The Morgan fingerprint density at radius 2 is 1.22 bits per heavy atom. The topological polar surface area (TPSA) is 133 Å². The van der Waals surface area contributed by atoms with Gasteiger partial charge in [0, 0.05) is 67.8 Å². The maximum atomic E-state index is 13.1. The molecular weight excluding hydrogens is 611 g/mol. The van der Waals surface area contributed by atoms with Crippen LogP contribution in [0.2, 0.25) is 0 Å². The maximum absolute atomic E-state index is 13.1. The van der Waals surface area contributed by atoms with Gasteiger partial charge in [0.05, 0.1) is 0 Å². The van der Waals surface area contributed by atoms with Gasteiger partial charge in [0.1, 0.15) is 11.6 Å². The van der Waals surface area contributed by atoms with Crippen LogP contribution >= 0.6 is 0 Å². The van der Waals surface area contributed by atoms with Gasteiger partial charge in [-0.2, -0.15) is 6.42 Å². The molecule has 0 saturated heterocycles. The number of carbonyl (C=O) groups excluding carboxylic acids is 5. The number of nitrogens with one attached hydrogen (secondary N) is 4. The number of unbranched alkanes of at least 4 members (excludes halogenated alkanes) is 4. The first-order valence-corrected chi connectivity index (χ1v) is 17.3. The molecule has 45 heavy (non-hydrogen) atoms. The van der Waals surface area contributed by atoms with E-state index in [1.54, 1.807) is 0 Å². The predicted molar refractivity (Wildman–Crippen MR) is 179 cm³/mol. The van der Waals surface area contributed by atoms with Gasteiger partial charge in [-0.1, -0.05) is 59.8 Å². The molecular formula is C35H65MnN4O5-. The Morgan fingerprint density at radius 1 is 0.667 bits per heavy atom. The molecule has 0 rings (SSSR count). The average molecular weight is 677 g/mol.